The zero-order valence-electron chi connectivity index (χ0n) is 13.5. The van der Waals surface area contributed by atoms with Gasteiger partial charge in [0.25, 0.3) is 0 Å². The van der Waals surface area contributed by atoms with E-state index in [4.69, 9.17) is 11.6 Å². The first-order valence-corrected chi connectivity index (χ1v) is 8.35. The molecule has 0 saturated heterocycles. The number of Topliss-reactive ketones (excluding diaryl/α,β-unsaturated/α-hetero) is 1. The summed E-state index contributed by atoms with van der Waals surface area (Å²) in [7, 11) is 0. The van der Waals surface area contributed by atoms with Crippen molar-refractivity contribution in [3.63, 3.8) is 0 Å². The third kappa shape index (κ3) is 4.68. The van der Waals surface area contributed by atoms with Crippen molar-refractivity contribution in [1.29, 1.82) is 0 Å². The van der Waals surface area contributed by atoms with Crippen LogP contribution in [0.25, 0.3) is 0 Å². The second-order valence-corrected chi connectivity index (χ2v) is 6.19. The van der Waals surface area contributed by atoms with E-state index >= 15 is 0 Å². The Morgan fingerprint density at radius 3 is 2.20 bits per heavy atom. The van der Waals surface area contributed by atoms with Crippen molar-refractivity contribution < 1.29 is 9.18 Å². The molecule has 25 heavy (non-hydrogen) atoms. The SMILES string of the molecule is O=C(CC(Nc1ccc(F)cc1)c1ccccc1)c1ccc(Cl)cc1. The van der Waals surface area contributed by atoms with E-state index in [0.717, 1.165) is 11.3 Å². The van der Waals surface area contributed by atoms with Gasteiger partial charge in [-0.15, -0.1) is 0 Å². The van der Waals surface area contributed by atoms with Crippen LogP contribution in [0.2, 0.25) is 5.02 Å². The van der Waals surface area contributed by atoms with Crippen molar-refractivity contribution in [2.75, 3.05) is 5.32 Å². The number of benzene rings is 3. The summed E-state index contributed by atoms with van der Waals surface area (Å²) < 4.78 is 13.1. The smallest absolute Gasteiger partial charge is 0.165 e. The number of carbonyl (C=O) groups excluding carboxylic acids is 1. The molecule has 3 aromatic rings. The fourth-order valence-electron chi connectivity index (χ4n) is 2.62. The van der Waals surface area contributed by atoms with E-state index in [1.165, 1.54) is 12.1 Å². The number of hydrogen-bond acceptors (Lipinski definition) is 2. The van der Waals surface area contributed by atoms with Crippen LogP contribution in [-0.4, -0.2) is 5.78 Å². The molecule has 0 aromatic heterocycles. The van der Waals surface area contributed by atoms with Crippen molar-refractivity contribution in [2.45, 2.75) is 12.5 Å². The van der Waals surface area contributed by atoms with Gasteiger partial charge >= 0.3 is 0 Å². The van der Waals surface area contributed by atoms with Gasteiger partial charge in [-0.05, 0) is 54.1 Å². The minimum atomic E-state index is -0.293. The molecule has 0 amide bonds. The van der Waals surface area contributed by atoms with E-state index < -0.39 is 0 Å². The van der Waals surface area contributed by atoms with Crippen LogP contribution in [0.4, 0.5) is 10.1 Å². The van der Waals surface area contributed by atoms with E-state index in [-0.39, 0.29) is 24.1 Å². The second kappa shape index (κ2) is 7.95. The van der Waals surface area contributed by atoms with Crippen molar-refractivity contribution in [2.24, 2.45) is 0 Å². The van der Waals surface area contributed by atoms with Crippen LogP contribution in [0, 0.1) is 5.82 Å². The molecule has 4 heteroatoms. The highest BCUT2D eigenvalue weighted by Gasteiger charge is 2.17. The molecule has 2 nitrogen and oxygen atoms in total. The maximum absolute atomic E-state index is 13.1. The van der Waals surface area contributed by atoms with Crippen molar-refractivity contribution >= 4 is 23.1 Å². The maximum Gasteiger partial charge on any atom is 0.165 e. The normalized spacial score (nSPS) is 11.8. The van der Waals surface area contributed by atoms with E-state index in [1.54, 1.807) is 36.4 Å². The lowest BCUT2D eigenvalue weighted by molar-refractivity contribution is 0.0976. The van der Waals surface area contributed by atoms with Crippen LogP contribution in [0.5, 0.6) is 0 Å². The Kier molecular flexibility index (Phi) is 5.46. The van der Waals surface area contributed by atoms with E-state index in [0.29, 0.717) is 10.6 Å². The third-order valence-corrected chi connectivity index (χ3v) is 4.19. The van der Waals surface area contributed by atoms with Crippen molar-refractivity contribution in [3.05, 3.63) is 101 Å². The maximum atomic E-state index is 13.1. The number of anilines is 1. The lowest BCUT2D eigenvalue weighted by Crippen LogP contribution is -2.15. The molecule has 0 saturated carbocycles. The fourth-order valence-corrected chi connectivity index (χ4v) is 2.75. The monoisotopic (exact) mass is 353 g/mol. The Morgan fingerprint density at radius 1 is 0.920 bits per heavy atom. The molecular formula is C21H17ClFNO. The Bertz CT molecular complexity index is 832. The predicted octanol–water partition coefficient (Wildman–Crippen LogP) is 5.91. The van der Waals surface area contributed by atoms with E-state index in [2.05, 4.69) is 5.32 Å². The summed E-state index contributed by atoms with van der Waals surface area (Å²) in [4.78, 5) is 12.6. The van der Waals surface area contributed by atoms with Crippen LogP contribution in [0.15, 0.2) is 78.9 Å². The van der Waals surface area contributed by atoms with Gasteiger partial charge in [0.15, 0.2) is 5.78 Å². The number of hydrogen-bond donors (Lipinski definition) is 1. The average Bonchev–Trinajstić information content (AvgIpc) is 2.64. The average molecular weight is 354 g/mol. The van der Waals surface area contributed by atoms with Gasteiger partial charge in [0.2, 0.25) is 0 Å². The lowest BCUT2D eigenvalue weighted by atomic mass is 9.97. The minimum Gasteiger partial charge on any atom is -0.378 e. The Hall–Kier alpha value is -2.65. The zero-order valence-corrected chi connectivity index (χ0v) is 14.2. The quantitative estimate of drug-likeness (QED) is 0.558. The molecule has 3 aromatic carbocycles. The van der Waals surface area contributed by atoms with Gasteiger partial charge in [-0.25, -0.2) is 4.39 Å². The Balaban J connectivity index is 1.82. The highest BCUT2D eigenvalue weighted by molar-refractivity contribution is 6.30. The van der Waals surface area contributed by atoms with E-state index in [1.807, 2.05) is 30.3 Å². The summed E-state index contributed by atoms with van der Waals surface area (Å²) in [5, 5.41) is 3.92. The molecule has 0 radical (unpaired) electrons. The summed E-state index contributed by atoms with van der Waals surface area (Å²) in [6, 6.07) is 22.5. The molecule has 0 bridgehead atoms. The number of halogens is 2. The first-order chi connectivity index (χ1) is 12.1. The molecule has 0 heterocycles. The van der Waals surface area contributed by atoms with Gasteiger partial charge in [0.05, 0.1) is 6.04 Å². The van der Waals surface area contributed by atoms with Crippen LogP contribution in [0.3, 0.4) is 0 Å². The molecule has 1 atom stereocenters. The topological polar surface area (TPSA) is 29.1 Å². The number of rotatable bonds is 6. The number of nitrogens with one attached hydrogen (secondary N) is 1. The fraction of sp³-hybridized carbons (Fsp3) is 0.0952. The van der Waals surface area contributed by atoms with Crippen molar-refractivity contribution in [1.82, 2.24) is 0 Å². The van der Waals surface area contributed by atoms with Gasteiger partial charge in [-0.1, -0.05) is 41.9 Å². The molecule has 3 rings (SSSR count). The van der Waals surface area contributed by atoms with Crippen LogP contribution < -0.4 is 5.32 Å². The van der Waals surface area contributed by atoms with Gasteiger partial charge in [-0.3, -0.25) is 4.79 Å². The summed E-state index contributed by atoms with van der Waals surface area (Å²) in [5.74, 6) is -0.279. The van der Waals surface area contributed by atoms with Gasteiger partial charge in [0, 0.05) is 22.7 Å². The molecule has 0 aliphatic carbocycles. The molecule has 0 aliphatic rings. The van der Waals surface area contributed by atoms with Crippen LogP contribution in [0.1, 0.15) is 28.4 Å². The second-order valence-electron chi connectivity index (χ2n) is 5.75. The first-order valence-electron chi connectivity index (χ1n) is 7.97. The lowest BCUT2D eigenvalue weighted by Gasteiger charge is -2.20. The highest BCUT2D eigenvalue weighted by atomic mass is 35.5. The molecule has 126 valence electrons. The predicted molar refractivity (Wildman–Crippen MR) is 99.6 cm³/mol. The van der Waals surface area contributed by atoms with Crippen molar-refractivity contribution in [3.8, 4) is 0 Å². The largest absolute Gasteiger partial charge is 0.378 e. The molecule has 0 spiro atoms. The summed E-state index contributed by atoms with van der Waals surface area (Å²) in [6.07, 6.45) is 0.281. The summed E-state index contributed by atoms with van der Waals surface area (Å²) >= 11 is 5.88. The van der Waals surface area contributed by atoms with E-state index in [9.17, 15) is 9.18 Å². The molecular weight excluding hydrogens is 337 g/mol. The molecule has 0 aliphatic heterocycles. The third-order valence-electron chi connectivity index (χ3n) is 3.94. The van der Waals surface area contributed by atoms with Crippen LogP contribution >= 0.6 is 11.6 Å². The number of ketones is 1. The summed E-state index contributed by atoms with van der Waals surface area (Å²) in [6.45, 7) is 0. The molecule has 0 fully saturated rings. The Morgan fingerprint density at radius 2 is 1.56 bits per heavy atom. The summed E-state index contributed by atoms with van der Waals surface area (Å²) in [5.41, 5.74) is 2.37. The van der Waals surface area contributed by atoms with Gasteiger partial charge in [0.1, 0.15) is 5.82 Å². The molecule has 1 unspecified atom stereocenters. The molecule has 1 N–H and O–H groups in total. The van der Waals surface area contributed by atoms with Gasteiger partial charge in [-0.2, -0.15) is 0 Å². The minimum absolute atomic E-state index is 0.0140. The number of carbonyl (C=O) groups is 1. The van der Waals surface area contributed by atoms with Gasteiger partial charge < -0.3 is 5.32 Å². The van der Waals surface area contributed by atoms with Crippen LogP contribution in [-0.2, 0) is 0 Å². The standard InChI is InChI=1S/C21H17ClFNO/c22-17-8-6-16(7-9-17)21(25)14-20(15-4-2-1-3-5-15)24-19-12-10-18(23)11-13-19/h1-13,20,24H,14H2. The Labute approximate surface area is 151 Å². The zero-order chi connectivity index (χ0) is 17.6. The highest BCUT2D eigenvalue weighted by Crippen LogP contribution is 2.25. The first kappa shape index (κ1) is 17.2.